The Kier molecular flexibility index (Phi) is 12.2. The summed E-state index contributed by atoms with van der Waals surface area (Å²) in [7, 11) is 6.73. The molecule has 0 saturated heterocycles. The summed E-state index contributed by atoms with van der Waals surface area (Å²) < 4.78 is 21.7. The van der Waals surface area contributed by atoms with Crippen molar-refractivity contribution in [2.45, 2.75) is 13.8 Å². The third-order valence-electron chi connectivity index (χ3n) is 10.2. The number of methoxy groups -OCH3 is 4. The SMILES string of the molecule is COc1ccc(N(c2ccc(OC)cc2)c2ccc(C=Cc3ccc(C=Cc4ccc(N(c5ccc(OC)cc5)c5ccc(OC)cc5)cc4C)cc3)c(C)c2)cc1. The van der Waals surface area contributed by atoms with Crippen LogP contribution in [0.25, 0.3) is 24.3 Å². The standard InChI is InChI=1S/C52H48N2O4/c1-37-35-47(53(43-19-27-49(55-3)28-20-43)44-21-29-50(56-4)30-22-44)17-15-41(37)13-11-39-7-9-40(10-8-39)12-14-42-16-18-48(36-38(42)2)54(45-23-31-51(57-5)32-24-45)46-25-33-52(58-6)34-26-46/h7-36H,1-6H3. The first-order valence-electron chi connectivity index (χ1n) is 19.2. The van der Waals surface area contributed by atoms with Crippen molar-refractivity contribution in [3.05, 3.63) is 191 Å². The molecule has 6 nitrogen and oxygen atoms in total. The van der Waals surface area contributed by atoms with E-state index in [0.717, 1.165) is 79.4 Å². The summed E-state index contributed by atoms with van der Waals surface area (Å²) in [6, 6.07) is 54.3. The molecule has 0 aliphatic heterocycles. The fourth-order valence-electron chi connectivity index (χ4n) is 6.88. The van der Waals surface area contributed by atoms with Crippen molar-refractivity contribution in [2.24, 2.45) is 0 Å². The lowest BCUT2D eigenvalue weighted by Crippen LogP contribution is -2.10. The van der Waals surface area contributed by atoms with Crippen LogP contribution < -0.4 is 28.7 Å². The molecule has 290 valence electrons. The molecule has 0 fully saturated rings. The highest BCUT2D eigenvalue weighted by molar-refractivity contribution is 5.82. The van der Waals surface area contributed by atoms with Crippen LogP contribution in [0.2, 0.25) is 0 Å². The lowest BCUT2D eigenvalue weighted by atomic mass is 10.0. The predicted octanol–water partition coefficient (Wildman–Crippen LogP) is 13.6. The minimum atomic E-state index is 0.819. The van der Waals surface area contributed by atoms with Gasteiger partial charge in [0.15, 0.2) is 0 Å². The second-order valence-corrected chi connectivity index (χ2v) is 13.9. The zero-order chi connectivity index (χ0) is 40.4. The monoisotopic (exact) mass is 764 g/mol. The number of ether oxygens (including phenoxy) is 4. The van der Waals surface area contributed by atoms with Crippen molar-refractivity contribution in [1.29, 1.82) is 0 Å². The zero-order valence-electron chi connectivity index (χ0n) is 33.8. The Morgan fingerprint density at radius 2 is 0.569 bits per heavy atom. The van der Waals surface area contributed by atoms with E-state index in [2.05, 4.69) is 157 Å². The number of hydrogen-bond donors (Lipinski definition) is 0. The van der Waals surface area contributed by atoms with Crippen molar-refractivity contribution in [3.63, 3.8) is 0 Å². The van der Waals surface area contributed by atoms with E-state index in [4.69, 9.17) is 18.9 Å². The molecule has 0 aromatic heterocycles. The lowest BCUT2D eigenvalue weighted by Gasteiger charge is -2.26. The number of rotatable bonds is 14. The van der Waals surface area contributed by atoms with Gasteiger partial charge in [-0.05, 0) is 169 Å². The average Bonchev–Trinajstić information content (AvgIpc) is 3.27. The molecule has 0 atom stereocenters. The number of hydrogen-bond acceptors (Lipinski definition) is 6. The van der Waals surface area contributed by atoms with Gasteiger partial charge in [-0.15, -0.1) is 0 Å². The molecular formula is C52H48N2O4. The van der Waals surface area contributed by atoms with Gasteiger partial charge >= 0.3 is 0 Å². The van der Waals surface area contributed by atoms with Crippen LogP contribution in [0.4, 0.5) is 34.1 Å². The maximum atomic E-state index is 5.42. The molecule has 7 rings (SSSR count). The quantitative estimate of drug-likeness (QED) is 0.103. The van der Waals surface area contributed by atoms with Gasteiger partial charge < -0.3 is 28.7 Å². The summed E-state index contributed by atoms with van der Waals surface area (Å²) in [5.41, 5.74) is 13.2. The Labute approximate surface area is 342 Å². The van der Waals surface area contributed by atoms with E-state index in [0.29, 0.717) is 0 Å². The Morgan fingerprint density at radius 1 is 0.310 bits per heavy atom. The van der Waals surface area contributed by atoms with Crippen LogP contribution in [0.15, 0.2) is 158 Å². The summed E-state index contributed by atoms with van der Waals surface area (Å²) in [5.74, 6) is 3.28. The van der Waals surface area contributed by atoms with E-state index in [-0.39, 0.29) is 0 Å². The third kappa shape index (κ3) is 9.09. The van der Waals surface area contributed by atoms with E-state index < -0.39 is 0 Å². The van der Waals surface area contributed by atoms with Gasteiger partial charge in [0.1, 0.15) is 23.0 Å². The van der Waals surface area contributed by atoms with Gasteiger partial charge in [-0.3, -0.25) is 0 Å². The van der Waals surface area contributed by atoms with Crippen LogP contribution in [-0.2, 0) is 0 Å². The Balaban J connectivity index is 1.06. The summed E-state index contributed by atoms with van der Waals surface area (Å²) >= 11 is 0. The van der Waals surface area contributed by atoms with Crippen LogP contribution in [0.3, 0.4) is 0 Å². The lowest BCUT2D eigenvalue weighted by molar-refractivity contribution is 0.414. The highest BCUT2D eigenvalue weighted by Crippen LogP contribution is 2.39. The van der Waals surface area contributed by atoms with Gasteiger partial charge in [0.2, 0.25) is 0 Å². The number of nitrogens with zero attached hydrogens (tertiary/aromatic N) is 2. The van der Waals surface area contributed by atoms with Gasteiger partial charge in [-0.2, -0.15) is 0 Å². The molecule has 0 radical (unpaired) electrons. The minimum absolute atomic E-state index is 0.819. The number of aryl methyl sites for hydroxylation is 2. The van der Waals surface area contributed by atoms with Crippen molar-refractivity contribution < 1.29 is 18.9 Å². The molecule has 7 aromatic carbocycles. The molecule has 0 spiro atoms. The molecule has 6 heteroatoms. The van der Waals surface area contributed by atoms with E-state index >= 15 is 0 Å². The maximum absolute atomic E-state index is 5.42. The van der Waals surface area contributed by atoms with Crippen molar-refractivity contribution in [3.8, 4) is 23.0 Å². The molecular weight excluding hydrogens is 717 g/mol. The van der Waals surface area contributed by atoms with E-state index in [1.807, 2.05) is 48.5 Å². The van der Waals surface area contributed by atoms with Crippen LogP contribution in [-0.4, -0.2) is 28.4 Å². The largest absolute Gasteiger partial charge is 0.497 e. The van der Waals surface area contributed by atoms with E-state index in [1.54, 1.807) is 28.4 Å². The first-order chi connectivity index (χ1) is 28.3. The van der Waals surface area contributed by atoms with Crippen molar-refractivity contribution in [1.82, 2.24) is 0 Å². The van der Waals surface area contributed by atoms with Crippen LogP contribution in [0.5, 0.6) is 23.0 Å². The van der Waals surface area contributed by atoms with Crippen LogP contribution in [0, 0.1) is 13.8 Å². The molecule has 58 heavy (non-hydrogen) atoms. The fourth-order valence-corrected chi connectivity index (χ4v) is 6.88. The maximum Gasteiger partial charge on any atom is 0.119 e. The van der Waals surface area contributed by atoms with Gasteiger partial charge in [0, 0.05) is 34.1 Å². The molecule has 0 unspecified atom stereocenters. The summed E-state index contributed by atoms with van der Waals surface area (Å²) in [6.45, 7) is 4.31. The summed E-state index contributed by atoms with van der Waals surface area (Å²) in [6.07, 6.45) is 8.70. The Bertz CT molecular complexity index is 2220. The smallest absolute Gasteiger partial charge is 0.119 e. The normalized spacial score (nSPS) is 11.1. The Morgan fingerprint density at radius 3 is 0.810 bits per heavy atom. The number of benzene rings is 7. The van der Waals surface area contributed by atoms with Crippen LogP contribution in [0.1, 0.15) is 33.4 Å². The van der Waals surface area contributed by atoms with E-state index in [1.165, 1.54) is 11.1 Å². The fraction of sp³-hybridized carbons (Fsp3) is 0.115. The molecule has 7 aromatic rings. The van der Waals surface area contributed by atoms with Gasteiger partial charge in [-0.1, -0.05) is 60.7 Å². The second kappa shape index (κ2) is 18.2. The molecule has 0 aliphatic carbocycles. The predicted molar refractivity (Wildman–Crippen MR) is 242 cm³/mol. The third-order valence-corrected chi connectivity index (χ3v) is 10.2. The molecule has 0 bridgehead atoms. The highest BCUT2D eigenvalue weighted by Gasteiger charge is 2.16. The van der Waals surface area contributed by atoms with Gasteiger partial charge in [0.25, 0.3) is 0 Å². The Hall–Kier alpha value is -7.18. The second-order valence-electron chi connectivity index (χ2n) is 13.9. The topological polar surface area (TPSA) is 43.4 Å². The summed E-state index contributed by atoms with van der Waals surface area (Å²) in [4.78, 5) is 4.47. The van der Waals surface area contributed by atoms with Crippen molar-refractivity contribution in [2.75, 3.05) is 38.2 Å². The summed E-state index contributed by atoms with van der Waals surface area (Å²) in [5, 5.41) is 0. The first kappa shape index (κ1) is 39.1. The van der Waals surface area contributed by atoms with Crippen molar-refractivity contribution >= 4 is 58.4 Å². The first-order valence-corrected chi connectivity index (χ1v) is 19.2. The van der Waals surface area contributed by atoms with Gasteiger partial charge in [-0.25, -0.2) is 0 Å². The zero-order valence-corrected chi connectivity index (χ0v) is 33.8. The highest BCUT2D eigenvalue weighted by atomic mass is 16.5. The molecule has 0 aliphatic rings. The van der Waals surface area contributed by atoms with Gasteiger partial charge in [0.05, 0.1) is 28.4 Å². The minimum Gasteiger partial charge on any atom is -0.497 e. The van der Waals surface area contributed by atoms with Crippen LogP contribution >= 0.6 is 0 Å². The molecule has 0 heterocycles. The average molecular weight is 765 g/mol. The molecule has 0 saturated carbocycles. The van der Waals surface area contributed by atoms with E-state index in [9.17, 15) is 0 Å². The number of anilines is 6. The molecule has 0 N–H and O–H groups in total. The molecule has 0 amide bonds.